The number of carbonyl (C=O) groups excluding carboxylic acids is 2. The summed E-state index contributed by atoms with van der Waals surface area (Å²) in [7, 11) is 0. The zero-order chi connectivity index (χ0) is 12.8. The molecule has 0 unspecified atom stereocenters. The van der Waals surface area contributed by atoms with Gasteiger partial charge in [-0.3, -0.25) is 14.4 Å². The van der Waals surface area contributed by atoms with E-state index in [4.69, 9.17) is 0 Å². The van der Waals surface area contributed by atoms with Crippen molar-refractivity contribution in [3.63, 3.8) is 0 Å². The van der Waals surface area contributed by atoms with Gasteiger partial charge in [0.25, 0.3) is 5.56 Å². The molecule has 0 aliphatic carbocycles. The number of carbonyl (C=O) groups is 2. The van der Waals surface area contributed by atoms with E-state index in [2.05, 4.69) is 20.7 Å². The van der Waals surface area contributed by atoms with Gasteiger partial charge in [0.15, 0.2) is 5.78 Å². The van der Waals surface area contributed by atoms with E-state index in [1.807, 2.05) is 0 Å². The van der Waals surface area contributed by atoms with E-state index in [9.17, 15) is 14.4 Å². The smallest absolute Gasteiger partial charge is 0.313 e. The third kappa shape index (κ3) is 4.14. The van der Waals surface area contributed by atoms with Crippen molar-refractivity contribution in [2.45, 2.75) is 19.9 Å². The summed E-state index contributed by atoms with van der Waals surface area (Å²) in [5.41, 5.74) is -0.301. The number of nitrogens with zero attached hydrogens (tertiary/aromatic N) is 1. The van der Waals surface area contributed by atoms with Gasteiger partial charge in [-0.2, -0.15) is 0 Å². The largest absolute Gasteiger partial charge is 0.466 e. The highest BCUT2D eigenvalue weighted by Crippen LogP contribution is 2.01. The lowest BCUT2D eigenvalue weighted by atomic mass is 10.3. The van der Waals surface area contributed by atoms with Crippen LogP contribution in [0.3, 0.4) is 0 Å². The van der Waals surface area contributed by atoms with Gasteiger partial charge in [0.1, 0.15) is 6.42 Å². The molecule has 0 fully saturated rings. The number of ketones is 1. The summed E-state index contributed by atoms with van der Waals surface area (Å²) in [6, 6.07) is 3.23. The zero-order valence-corrected chi connectivity index (χ0v) is 10.9. The van der Waals surface area contributed by atoms with Gasteiger partial charge >= 0.3 is 5.97 Å². The lowest BCUT2D eigenvalue weighted by Crippen LogP contribution is -2.25. The SMILES string of the molecule is CCOC(=O)CC(=O)Cn1cccc(Br)c1=O. The summed E-state index contributed by atoms with van der Waals surface area (Å²) >= 11 is 3.08. The van der Waals surface area contributed by atoms with Gasteiger partial charge in [0.05, 0.1) is 17.6 Å². The predicted molar refractivity (Wildman–Crippen MR) is 64.7 cm³/mol. The third-order valence-electron chi connectivity index (χ3n) is 1.97. The molecule has 0 bridgehead atoms. The van der Waals surface area contributed by atoms with Gasteiger partial charge < -0.3 is 9.30 Å². The Morgan fingerprint density at radius 2 is 2.18 bits per heavy atom. The molecule has 0 amide bonds. The molecular weight excluding hydrogens is 290 g/mol. The number of halogens is 1. The van der Waals surface area contributed by atoms with Crippen LogP contribution >= 0.6 is 15.9 Å². The van der Waals surface area contributed by atoms with Crippen molar-refractivity contribution in [3.05, 3.63) is 33.2 Å². The van der Waals surface area contributed by atoms with Crippen LogP contribution in [0.2, 0.25) is 0 Å². The maximum Gasteiger partial charge on any atom is 0.313 e. The van der Waals surface area contributed by atoms with Crippen LogP contribution in [-0.2, 0) is 20.9 Å². The molecule has 1 aromatic rings. The fourth-order valence-electron chi connectivity index (χ4n) is 1.25. The first kappa shape index (κ1) is 13.6. The first-order chi connectivity index (χ1) is 8.04. The quantitative estimate of drug-likeness (QED) is 0.604. The van der Waals surface area contributed by atoms with Crippen LogP contribution in [0.4, 0.5) is 0 Å². The van der Waals surface area contributed by atoms with Gasteiger partial charge in [-0.25, -0.2) is 0 Å². The van der Waals surface area contributed by atoms with E-state index in [1.54, 1.807) is 19.1 Å². The summed E-state index contributed by atoms with van der Waals surface area (Å²) in [4.78, 5) is 34.1. The van der Waals surface area contributed by atoms with Crippen molar-refractivity contribution < 1.29 is 14.3 Å². The fraction of sp³-hybridized carbons (Fsp3) is 0.364. The number of aromatic nitrogens is 1. The Balaban J connectivity index is 2.66. The minimum Gasteiger partial charge on any atom is -0.466 e. The topological polar surface area (TPSA) is 65.4 Å². The molecule has 0 saturated heterocycles. The van der Waals surface area contributed by atoms with Crippen molar-refractivity contribution >= 4 is 27.7 Å². The number of Topliss-reactive ketones (excluding diaryl/α,β-unsaturated/α-hetero) is 1. The first-order valence-corrected chi connectivity index (χ1v) is 5.86. The van der Waals surface area contributed by atoms with Crippen LogP contribution in [0.15, 0.2) is 27.6 Å². The van der Waals surface area contributed by atoms with Crippen molar-refractivity contribution in [2.75, 3.05) is 6.61 Å². The van der Waals surface area contributed by atoms with Gasteiger partial charge in [0.2, 0.25) is 0 Å². The third-order valence-corrected chi connectivity index (χ3v) is 2.57. The van der Waals surface area contributed by atoms with Crippen LogP contribution in [0.1, 0.15) is 13.3 Å². The Morgan fingerprint density at radius 3 is 2.82 bits per heavy atom. The second-order valence-electron chi connectivity index (χ2n) is 3.31. The molecule has 0 N–H and O–H groups in total. The first-order valence-electron chi connectivity index (χ1n) is 5.07. The molecule has 1 rings (SSSR count). The van der Waals surface area contributed by atoms with Crippen molar-refractivity contribution in [3.8, 4) is 0 Å². The molecule has 0 aromatic carbocycles. The average Bonchev–Trinajstić information content (AvgIpc) is 2.25. The Bertz CT molecular complexity index is 481. The van der Waals surface area contributed by atoms with Gasteiger partial charge in [-0.1, -0.05) is 0 Å². The maximum atomic E-state index is 11.6. The van der Waals surface area contributed by atoms with Gasteiger partial charge in [0, 0.05) is 6.20 Å². The molecule has 0 spiro atoms. The monoisotopic (exact) mass is 301 g/mol. The van der Waals surface area contributed by atoms with E-state index in [0.717, 1.165) is 0 Å². The van der Waals surface area contributed by atoms with E-state index in [-0.39, 0.29) is 30.9 Å². The van der Waals surface area contributed by atoms with E-state index in [0.29, 0.717) is 4.47 Å². The maximum absolute atomic E-state index is 11.6. The molecule has 5 nitrogen and oxygen atoms in total. The molecule has 17 heavy (non-hydrogen) atoms. The van der Waals surface area contributed by atoms with E-state index in [1.165, 1.54) is 10.8 Å². The van der Waals surface area contributed by atoms with Crippen LogP contribution in [0, 0.1) is 0 Å². The molecule has 0 radical (unpaired) electrons. The molecule has 1 aromatic heterocycles. The summed E-state index contributed by atoms with van der Waals surface area (Å²) < 4.78 is 6.27. The van der Waals surface area contributed by atoms with Crippen molar-refractivity contribution in [2.24, 2.45) is 0 Å². The Labute approximate surface area is 107 Å². The van der Waals surface area contributed by atoms with Gasteiger partial charge in [-0.05, 0) is 35.0 Å². The number of rotatable bonds is 5. The number of esters is 1. The second kappa shape index (κ2) is 6.34. The molecule has 92 valence electrons. The molecular formula is C11H12BrNO4. The van der Waals surface area contributed by atoms with Crippen LogP contribution < -0.4 is 5.56 Å². The molecule has 0 aliphatic heterocycles. The molecule has 0 atom stereocenters. The minimum absolute atomic E-state index is 0.128. The van der Waals surface area contributed by atoms with Crippen LogP contribution in [-0.4, -0.2) is 22.9 Å². The number of hydrogen-bond donors (Lipinski definition) is 0. The lowest BCUT2D eigenvalue weighted by Gasteiger charge is -2.05. The predicted octanol–water partition coefficient (Wildman–Crippen LogP) is 1.13. The molecule has 0 aliphatic rings. The van der Waals surface area contributed by atoms with E-state index >= 15 is 0 Å². The fourth-order valence-corrected chi connectivity index (χ4v) is 1.63. The molecule has 1 heterocycles. The Hall–Kier alpha value is -1.43. The highest BCUT2D eigenvalue weighted by atomic mass is 79.9. The minimum atomic E-state index is -0.569. The highest BCUT2D eigenvalue weighted by molar-refractivity contribution is 9.10. The molecule has 0 saturated carbocycles. The van der Waals surface area contributed by atoms with Crippen molar-refractivity contribution in [1.29, 1.82) is 0 Å². The average molecular weight is 302 g/mol. The van der Waals surface area contributed by atoms with Crippen LogP contribution in [0.25, 0.3) is 0 Å². The second-order valence-corrected chi connectivity index (χ2v) is 4.16. The standard InChI is InChI=1S/C11H12BrNO4/c1-2-17-10(15)6-8(14)7-13-5-3-4-9(12)11(13)16/h3-5H,2,6-7H2,1H3. The van der Waals surface area contributed by atoms with Gasteiger partial charge in [-0.15, -0.1) is 0 Å². The lowest BCUT2D eigenvalue weighted by molar-refractivity contribution is -0.145. The Morgan fingerprint density at radius 1 is 1.47 bits per heavy atom. The molecule has 6 heteroatoms. The summed E-state index contributed by atoms with van der Waals surface area (Å²) in [5.74, 6) is -0.927. The zero-order valence-electron chi connectivity index (χ0n) is 9.31. The number of hydrogen-bond acceptors (Lipinski definition) is 4. The van der Waals surface area contributed by atoms with Crippen molar-refractivity contribution in [1.82, 2.24) is 4.57 Å². The summed E-state index contributed by atoms with van der Waals surface area (Å²) in [6.45, 7) is 1.78. The number of pyridine rings is 1. The summed E-state index contributed by atoms with van der Waals surface area (Å²) in [6.07, 6.45) is 1.18. The highest BCUT2D eigenvalue weighted by Gasteiger charge is 2.11. The number of ether oxygens (including phenoxy) is 1. The summed E-state index contributed by atoms with van der Waals surface area (Å²) in [5, 5.41) is 0. The Kier molecular flexibility index (Phi) is 5.09. The normalized spacial score (nSPS) is 10.0. The van der Waals surface area contributed by atoms with E-state index < -0.39 is 5.97 Å². The van der Waals surface area contributed by atoms with Crippen LogP contribution in [0.5, 0.6) is 0 Å².